The quantitative estimate of drug-likeness (QED) is 0.438. The molecular weight excluding hydrogens is 461 g/mol. The topological polar surface area (TPSA) is 110 Å². The third-order valence-corrected chi connectivity index (χ3v) is 6.24. The summed E-state index contributed by atoms with van der Waals surface area (Å²) in [4.78, 5) is 26.6. The lowest BCUT2D eigenvalue weighted by Gasteiger charge is -2.14. The summed E-state index contributed by atoms with van der Waals surface area (Å²) in [6, 6.07) is 4.56. The lowest BCUT2D eigenvalue weighted by Crippen LogP contribution is -2.30. The Kier molecular flexibility index (Phi) is 8.77. The predicted octanol–water partition coefficient (Wildman–Crippen LogP) is 4.13. The van der Waals surface area contributed by atoms with Gasteiger partial charge in [0.1, 0.15) is 17.2 Å². The number of primary amides is 1. The molecule has 1 aliphatic heterocycles. The lowest BCUT2D eigenvalue weighted by molar-refractivity contribution is 0.0996. The summed E-state index contributed by atoms with van der Waals surface area (Å²) in [6.07, 6.45) is 4.45. The van der Waals surface area contributed by atoms with Crippen molar-refractivity contribution in [1.29, 1.82) is 0 Å². The number of carbonyl (C=O) groups is 2. The number of hydrogen-bond acceptors (Lipinski definition) is 6. The number of nitrogens with zero attached hydrogens (tertiary/aromatic N) is 2. The molecule has 0 aliphatic carbocycles. The van der Waals surface area contributed by atoms with E-state index in [4.69, 9.17) is 33.7 Å². The minimum Gasteiger partial charge on any atom is -0.472 e. The van der Waals surface area contributed by atoms with Crippen LogP contribution in [0.5, 0.6) is 5.88 Å². The number of likely N-dealkylation sites (tertiary alicyclic amines) is 1. The molecule has 0 radical (unpaired) electrons. The minimum absolute atomic E-state index is 0.0207. The molecule has 0 atom stereocenters. The number of nitrogens with two attached hydrogens (primary N) is 1. The Morgan fingerprint density at radius 3 is 2.74 bits per heavy atom. The van der Waals surface area contributed by atoms with E-state index in [0.29, 0.717) is 22.2 Å². The molecule has 0 saturated carbocycles. The number of ether oxygens (including phenoxy) is 1. The van der Waals surface area contributed by atoms with Gasteiger partial charge in [-0.1, -0.05) is 23.2 Å². The zero-order valence-corrected chi connectivity index (χ0v) is 19.3. The van der Waals surface area contributed by atoms with Crippen LogP contribution >= 0.6 is 34.7 Å². The van der Waals surface area contributed by atoms with Gasteiger partial charge in [-0.25, -0.2) is 4.79 Å². The lowest BCUT2D eigenvalue weighted by atomic mass is 10.2. The average Bonchev–Trinajstić information content (AvgIpc) is 3.38. The Hall–Kier alpha value is -2.07. The van der Waals surface area contributed by atoms with Crippen LogP contribution in [0.3, 0.4) is 0 Å². The van der Waals surface area contributed by atoms with E-state index in [1.165, 1.54) is 25.9 Å². The molecule has 1 aromatic carbocycles. The van der Waals surface area contributed by atoms with Crippen LogP contribution in [0.4, 0.5) is 9.80 Å². The van der Waals surface area contributed by atoms with E-state index in [1.807, 2.05) is 0 Å². The van der Waals surface area contributed by atoms with Gasteiger partial charge in [-0.15, -0.1) is 0 Å². The second-order valence-electron chi connectivity index (χ2n) is 7.22. The highest BCUT2D eigenvalue weighted by molar-refractivity contribution is 7.11. The monoisotopic (exact) mass is 485 g/mol. The van der Waals surface area contributed by atoms with Gasteiger partial charge in [-0.2, -0.15) is 4.37 Å². The molecule has 168 valence electrons. The van der Waals surface area contributed by atoms with Crippen molar-refractivity contribution >= 4 is 51.7 Å². The first kappa shape index (κ1) is 23.6. The number of halogens is 2. The highest BCUT2D eigenvalue weighted by Gasteiger charge is 2.22. The molecule has 2 aromatic rings. The van der Waals surface area contributed by atoms with E-state index in [0.717, 1.165) is 30.9 Å². The molecule has 1 aliphatic rings. The molecule has 1 aromatic heterocycles. The van der Waals surface area contributed by atoms with Crippen LogP contribution in [0.25, 0.3) is 0 Å². The maximum Gasteiger partial charge on any atom is 0.319 e. The number of benzene rings is 1. The average molecular weight is 486 g/mol. The first-order valence-corrected chi connectivity index (χ1v) is 11.6. The van der Waals surface area contributed by atoms with Crippen molar-refractivity contribution in [1.82, 2.24) is 14.6 Å². The number of anilines is 1. The zero-order valence-electron chi connectivity index (χ0n) is 17.0. The standard InChI is InChI=1S/C20H25Cl2N5O3S/c21-14-5-6-15(22)13(11-14)12-30-18-16(17(23)28)19(31-26-18)25-20(29)24-7-1-2-8-27-9-3-4-10-27/h5-6,11H,1-4,7-10,12H2,(H2,23,28)(H2,24,25,29). The van der Waals surface area contributed by atoms with Gasteiger partial charge in [0.15, 0.2) is 0 Å². The number of urea groups is 1. The Bertz CT molecular complexity index is 918. The van der Waals surface area contributed by atoms with E-state index < -0.39 is 11.9 Å². The number of carbonyl (C=O) groups excluding carboxylic acids is 2. The number of aromatic nitrogens is 1. The summed E-state index contributed by atoms with van der Waals surface area (Å²) in [5.41, 5.74) is 6.14. The van der Waals surface area contributed by atoms with Crippen LogP contribution in [-0.4, -0.2) is 47.4 Å². The Morgan fingerprint density at radius 1 is 1.23 bits per heavy atom. The second kappa shape index (κ2) is 11.5. The maximum atomic E-state index is 12.2. The Morgan fingerprint density at radius 2 is 2.00 bits per heavy atom. The molecule has 11 heteroatoms. The van der Waals surface area contributed by atoms with Crippen molar-refractivity contribution in [2.24, 2.45) is 5.73 Å². The van der Waals surface area contributed by atoms with E-state index in [-0.39, 0.29) is 23.1 Å². The van der Waals surface area contributed by atoms with Crippen LogP contribution in [0, 0.1) is 0 Å². The van der Waals surface area contributed by atoms with Gasteiger partial charge < -0.3 is 20.7 Å². The van der Waals surface area contributed by atoms with Crippen molar-refractivity contribution in [3.63, 3.8) is 0 Å². The van der Waals surface area contributed by atoms with Crippen LogP contribution in [0.15, 0.2) is 18.2 Å². The summed E-state index contributed by atoms with van der Waals surface area (Å²) < 4.78 is 9.73. The van der Waals surface area contributed by atoms with Crippen molar-refractivity contribution in [2.75, 3.05) is 31.5 Å². The summed E-state index contributed by atoms with van der Waals surface area (Å²) >= 11 is 13.0. The second-order valence-corrected chi connectivity index (χ2v) is 8.83. The highest BCUT2D eigenvalue weighted by Crippen LogP contribution is 2.31. The van der Waals surface area contributed by atoms with E-state index in [2.05, 4.69) is 19.9 Å². The third kappa shape index (κ3) is 6.96. The van der Waals surface area contributed by atoms with Crippen molar-refractivity contribution in [3.05, 3.63) is 39.4 Å². The first-order chi connectivity index (χ1) is 14.9. The number of nitrogens with one attached hydrogen (secondary N) is 2. The molecule has 0 spiro atoms. The van der Waals surface area contributed by atoms with Gasteiger partial charge in [0.25, 0.3) is 5.91 Å². The number of amides is 3. The minimum atomic E-state index is -0.748. The van der Waals surface area contributed by atoms with Crippen molar-refractivity contribution in [2.45, 2.75) is 32.3 Å². The molecule has 1 fully saturated rings. The third-order valence-electron chi connectivity index (χ3n) is 4.89. The van der Waals surface area contributed by atoms with Crippen molar-refractivity contribution < 1.29 is 14.3 Å². The molecule has 1 saturated heterocycles. The van der Waals surface area contributed by atoms with Gasteiger partial charge in [0, 0.05) is 22.2 Å². The zero-order chi connectivity index (χ0) is 22.2. The molecule has 8 nitrogen and oxygen atoms in total. The molecule has 0 unspecified atom stereocenters. The highest BCUT2D eigenvalue weighted by atomic mass is 35.5. The van der Waals surface area contributed by atoms with Gasteiger partial charge in [0.05, 0.1) is 0 Å². The maximum absolute atomic E-state index is 12.2. The number of rotatable bonds is 10. The van der Waals surface area contributed by atoms with E-state index in [1.54, 1.807) is 18.2 Å². The first-order valence-electron chi connectivity index (χ1n) is 10.1. The fraction of sp³-hybridized carbons (Fsp3) is 0.450. The number of hydrogen-bond donors (Lipinski definition) is 3. The van der Waals surface area contributed by atoms with Gasteiger partial charge >= 0.3 is 6.03 Å². The van der Waals surface area contributed by atoms with Gasteiger partial charge in [-0.3, -0.25) is 10.1 Å². The van der Waals surface area contributed by atoms with E-state index >= 15 is 0 Å². The molecule has 0 bridgehead atoms. The predicted molar refractivity (Wildman–Crippen MR) is 123 cm³/mol. The molecule has 31 heavy (non-hydrogen) atoms. The largest absolute Gasteiger partial charge is 0.472 e. The molecule has 4 N–H and O–H groups in total. The normalized spacial score (nSPS) is 13.9. The molecule has 3 rings (SSSR count). The molecular formula is C20H25Cl2N5O3S. The van der Waals surface area contributed by atoms with Crippen LogP contribution in [-0.2, 0) is 6.61 Å². The van der Waals surface area contributed by atoms with Crippen molar-refractivity contribution in [3.8, 4) is 5.88 Å². The summed E-state index contributed by atoms with van der Waals surface area (Å²) in [5.74, 6) is -0.712. The Balaban J connectivity index is 1.50. The fourth-order valence-corrected chi connectivity index (χ4v) is 4.40. The summed E-state index contributed by atoms with van der Waals surface area (Å²) in [7, 11) is 0. The smallest absolute Gasteiger partial charge is 0.319 e. The molecule has 3 amide bonds. The van der Waals surface area contributed by atoms with E-state index in [9.17, 15) is 9.59 Å². The molecule has 2 heterocycles. The van der Waals surface area contributed by atoms with Crippen LogP contribution in [0.2, 0.25) is 10.0 Å². The van der Waals surface area contributed by atoms with Crippen LogP contribution in [0.1, 0.15) is 41.6 Å². The van der Waals surface area contributed by atoms with Gasteiger partial charge in [-0.05, 0) is 75.0 Å². The van der Waals surface area contributed by atoms with Gasteiger partial charge in [0.2, 0.25) is 5.88 Å². The van der Waals surface area contributed by atoms with Crippen LogP contribution < -0.4 is 21.1 Å². The number of unbranched alkanes of at least 4 members (excludes halogenated alkanes) is 1. The fourth-order valence-electron chi connectivity index (χ4n) is 3.29. The summed E-state index contributed by atoms with van der Waals surface area (Å²) in [6.45, 7) is 3.99. The Labute approximate surface area is 195 Å². The SMILES string of the molecule is NC(=O)c1c(OCc2cc(Cl)ccc2Cl)nsc1NC(=O)NCCCCN1CCCC1. The summed E-state index contributed by atoms with van der Waals surface area (Å²) in [5, 5.41) is 6.63.